The molecular formula is C16H23N. The predicted molar refractivity (Wildman–Crippen MR) is 72.1 cm³/mol. The molecule has 0 aliphatic heterocycles. The van der Waals surface area contributed by atoms with Gasteiger partial charge in [-0.1, -0.05) is 31.2 Å². The number of nitrogens with one attached hydrogen (secondary N) is 1. The predicted octanol–water partition coefficient (Wildman–Crippen LogP) is 3.99. The average molecular weight is 229 g/mol. The molecule has 92 valence electrons. The summed E-state index contributed by atoms with van der Waals surface area (Å²) in [4.78, 5) is 0. The van der Waals surface area contributed by atoms with Crippen LogP contribution in [0.1, 0.15) is 62.5 Å². The minimum atomic E-state index is 0.468. The van der Waals surface area contributed by atoms with Gasteiger partial charge in [0.1, 0.15) is 0 Å². The third kappa shape index (κ3) is 2.40. The van der Waals surface area contributed by atoms with Crippen LogP contribution in [0, 0.1) is 0 Å². The van der Waals surface area contributed by atoms with E-state index in [0.29, 0.717) is 5.54 Å². The molecule has 0 radical (unpaired) electrons. The fraction of sp³-hybridized carbons (Fsp3) is 0.625. The van der Waals surface area contributed by atoms with Crippen molar-refractivity contribution >= 4 is 0 Å². The van der Waals surface area contributed by atoms with E-state index in [2.05, 4.69) is 36.5 Å². The van der Waals surface area contributed by atoms with Crippen LogP contribution < -0.4 is 5.32 Å². The topological polar surface area (TPSA) is 12.0 Å². The van der Waals surface area contributed by atoms with Crippen LogP contribution in [0.2, 0.25) is 0 Å². The van der Waals surface area contributed by atoms with Gasteiger partial charge in [-0.15, -0.1) is 0 Å². The molecule has 1 nitrogen and oxygen atoms in total. The van der Waals surface area contributed by atoms with Crippen molar-refractivity contribution in [3.05, 3.63) is 35.4 Å². The van der Waals surface area contributed by atoms with Gasteiger partial charge >= 0.3 is 0 Å². The third-order valence-corrected chi connectivity index (χ3v) is 4.65. The summed E-state index contributed by atoms with van der Waals surface area (Å²) >= 11 is 0. The Labute approximate surface area is 105 Å². The van der Waals surface area contributed by atoms with E-state index in [1.165, 1.54) is 44.1 Å². The van der Waals surface area contributed by atoms with Gasteiger partial charge in [0, 0.05) is 12.1 Å². The quantitative estimate of drug-likeness (QED) is 0.805. The summed E-state index contributed by atoms with van der Waals surface area (Å²) in [5.41, 5.74) is 3.49. The highest BCUT2D eigenvalue weighted by molar-refractivity contribution is 5.29. The van der Waals surface area contributed by atoms with Gasteiger partial charge < -0.3 is 5.32 Å². The van der Waals surface area contributed by atoms with Gasteiger partial charge in [0.2, 0.25) is 0 Å². The van der Waals surface area contributed by atoms with Gasteiger partial charge in [0.25, 0.3) is 0 Å². The van der Waals surface area contributed by atoms with Gasteiger partial charge in [-0.05, 0) is 55.6 Å². The van der Waals surface area contributed by atoms with Crippen molar-refractivity contribution in [3.8, 4) is 0 Å². The Morgan fingerprint density at radius 3 is 2.71 bits per heavy atom. The van der Waals surface area contributed by atoms with Crippen molar-refractivity contribution in [2.75, 3.05) is 0 Å². The first-order valence-electron chi connectivity index (χ1n) is 7.15. The highest BCUT2D eigenvalue weighted by Gasteiger charge is 2.34. The standard InChI is InChI=1S/C16H23N/c1-2-16(9-4-10-16)17-12-13-5-3-6-15(11-13)14-7-8-14/h3,5-6,11,14,17H,2,4,7-10,12H2,1H3. The highest BCUT2D eigenvalue weighted by Crippen LogP contribution is 2.40. The van der Waals surface area contributed by atoms with Gasteiger partial charge in [0.15, 0.2) is 0 Å². The maximum atomic E-state index is 3.79. The molecule has 0 saturated heterocycles. The lowest BCUT2D eigenvalue weighted by molar-refractivity contribution is 0.175. The molecular weight excluding hydrogens is 206 g/mol. The zero-order chi connectivity index (χ0) is 11.7. The first-order valence-corrected chi connectivity index (χ1v) is 7.15. The Morgan fingerprint density at radius 2 is 2.12 bits per heavy atom. The molecule has 0 aromatic heterocycles. The molecule has 0 atom stereocenters. The first kappa shape index (κ1) is 11.3. The molecule has 0 amide bonds. The van der Waals surface area contributed by atoms with Crippen LogP contribution in [0.4, 0.5) is 0 Å². The molecule has 1 heteroatoms. The van der Waals surface area contributed by atoms with Gasteiger partial charge in [0.05, 0.1) is 0 Å². The molecule has 0 heterocycles. The molecule has 0 spiro atoms. The molecule has 0 unspecified atom stereocenters. The number of hydrogen-bond acceptors (Lipinski definition) is 1. The van der Waals surface area contributed by atoms with E-state index >= 15 is 0 Å². The maximum absolute atomic E-state index is 3.79. The molecule has 2 aliphatic rings. The van der Waals surface area contributed by atoms with Crippen molar-refractivity contribution in [3.63, 3.8) is 0 Å². The van der Waals surface area contributed by atoms with E-state index in [1.54, 1.807) is 5.56 Å². The van der Waals surface area contributed by atoms with Crippen molar-refractivity contribution < 1.29 is 0 Å². The van der Waals surface area contributed by atoms with Crippen LogP contribution >= 0.6 is 0 Å². The van der Waals surface area contributed by atoms with Crippen LogP contribution in [0.5, 0.6) is 0 Å². The van der Waals surface area contributed by atoms with Crippen molar-refractivity contribution in [2.45, 2.75) is 63.5 Å². The second-order valence-corrected chi connectivity index (χ2v) is 5.86. The normalized spacial score (nSPS) is 22.2. The molecule has 3 rings (SSSR count). The van der Waals surface area contributed by atoms with E-state index < -0.39 is 0 Å². The minimum Gasteiger partial charge on any atom is -0.307 e. The number of rotatable bonds is 5. The Morgan fingerprint density at radius 1 is 1.29 bits per heavy atom. The Bertz CT molecular complexity index is 383. The van der Waals surface area contributed by atoms with Crippen molar-refractivity contribution in [1.29, 1.82) is 0 Å². The molecule has 1 aromatic rings. The summed E-state index contributed by atoms with van der Waals surface area (Å²) in [6, 6.07) is 9.19. The lowest BCUT2D eigenvalue weighted by atomic mass is 9.75. The number of benzene rings is 1. The maximum Gasteiger partial charge on any atom is 0.0210 e. The lowest BCUT2D eigenvalue weighted by Crippen LogP contribution is -2.49. The fourth-order valence-corrected chi connectivity index (χ4v) is 2.92. The van der Waals surface area contributed by atoms with E-state index in [-0.39, 0.29) is 0 Å². The molecule has 2 fully saturated rings. The summed E-state index contributed by atoms with van der Waals surface area (Å²) in [7, 11) is 0. The minimum absolute atomic E-state index is 0.468. The van der Waals surface area contributed by atoms with Crippen molar-refractivity contribution in [1.82, 2.24) is 5.32 Å². The molecule has 0 bridgehead atoms. The Balaban J connectivity index is 1.62. The van der Waals surface area contributed by atoms with Crippen LogP contribution in [-0.2, 0) is 6.54 Å². The second-order valence-electron chi connectivity index (χ2n) is 5.86. The Hall–Kier alpha value is -0.820. The zero-order valence-electron chi connectivity index (χ0n) is 10.8. The van der Waals surface area contributed by atoms with Gasteiger partial charge in [-0.2, -0.15) is 0 Å². The first-order chi connectivity index (χ1) is 8.31. The van der Waals surface area contributed by atoms with Crippen LogP contribution in [-0.4, -0.2) is 5.54 Å². The largest absolute Gasteiger partial charge is 0.307 e. The fourth-order valence-electron chi connectivity index (χ4n) is 2.92. The smallest absolute Gasteiger partial charge is 0.0210 e. The number of hydrogen-bond donors (Lipinski definition) is 1. The van der Waals surface area contributed by atoms with Crippen LogP contribution in [0.25, 0.3) is 0 Å². The monoisotopic (exact) mass is 229 g/mol. The summed E-state index contributed by atoms with van der Waals surface area (Å²) in [6.07, 6.45) is 8.21. The molecule has 1 N–H and O–H groups in total. The summed E-state index contributed by atoms with van der Waals surface area (Å²) in [6.45, 7) is 3.36. The Kier molecular flexibility index (Phi) is 2.96. The zero-order valence-corrected chi connectivity index (χ0v) is 10.8. The summed E-state index contributed by atoms with van der Waals surface area (Å²) in [5.74, 6) is 0.874. The van der Waals surface area contributed by atoms with E-state index in [4.69, 9.17) is 0 Å². The molecule has 2 saturated carbocycles. The molecule has 17 heavy (non-hydrogen) atoms. The average Bonchev–Trinajstić information content (AvgIpc) is 3.12. The SMILES string of the molecule is CCC1(NCc2cccc(C3CC3)c2)CCC1. The third-order valence-electron chi connectivity index (χ3n) is 4.65. The van der Waals surface area contributed by atoms with E-state index in [9.17, 15) is 0 Å². The van der Waals surface area contributed by atoms with Crippen LogP contribution in [0.3, 0.4) is 0 Å². The van der Waals surface area contributed by atoms with Gasteiger partial charge in [-0.25, -0.2) is 0 Å². The van der Waals surface area contributed by atoms with Crippen LogP contribution in [0.15, 0.2) is 24.3 Å². The van der Waals surface area contributed by atoms with Crippen molar-refractivity contribution in [2.24, 2.45) is 0 Å². The summed E-state index contributed by atoms with van der Waals surface area (Å²) in [5, 5.41) is 3.79. The molecule has 2 aliphatic carbocycles. The van der Waals surface area contributed by atoms with Gasteiger partial charge in [-0.3, -0.25) is 0 Å². The van der Waals surface area contributed by atoms with E-state index in [1.807, 2.05) is 0 Å². The second kappa shape index (κ2) is 4.45. The lowest BCUT2D eigenvalue weighted by Gasteiger charge is -2.42. The summed E-state index contributed by atoms with van der Waals surface area (Å²) < 4.78 is 0. The van der Waals surface area contributed by atoms with E-state index in [0.717, 1.165) is 12.5 Å². The highest BCUT2D eigenvalue weighted by atomic mass is 15.0. The molecule has 1 aromatic carbocycles.